The van der Waals surface area contributed by atoms with Crippen molar-refractivity contribution in [3.05, 3.63) is 51.2 Å². The quantitative estimate of drug-likeness (QED) is 0.850. The normalized spacial score (nSPS) is 14.7. The molecule has 1 aliphatic heterocycles. The Bertz CT molecular complexity index is 854. The molecule has 2 aromatic heterocycles. The lowest BCUT2D eigenvalue weighted by atomic mass is 10.2. The van der Waals surface area contributed by atoms with Crippen LogP contribution in [0.25, 0.3) is 0 Å². The number of nitrogens with zero attached hydrogens (tertiary/aromatic N) is 4. The molecule has 0 atom stereocenters. The summed E-state index contributed by atoms with van der Waals surface area (Å²) in [6.07, 6.45) is 0. The molecule has 8 heteroatoms. The number of H-pyrrole nitrogens is 1. The van der Waals surface area contributed by atoms with E-state index in [9.17, 15) is 14.4 Å². The number of aromatic nitrogens is 3. The molecular weight excluding hydrogens is 322 g/mol. The van der Waals surface area contributed by atoms with Crippen LogP contribution in [0.2, 0.25) is 0 Å². The Labute approximate surface area is 145 Å². The Balaban J connectivity index is 1.66. The lowest BCUT2D eigenvalue weighted by Gasteiger charge is -2.34. The smallest absolute Gasteiger partial charge is 0.274 e. The average Bonchev–Trinajstić information content (AvgIpc) is 2.89. The summed E-state index contributed by atoms with van der Waals surface area (Å²) in [4.78, 5) is 39.6. The first-order chi connectivity index (χ1) is 11.9. The molecule has 0 aliphatic carbocycles. The van der Waals surface area contributed by atoms with E-state index >= 15 is 0 Å². The summed E-state index contributed by atoms with van der Waals surface area (Å²) in [5.41, 5.74) is 2.55. The monoisotopic (exact) mass is 343 g/mol. The molecule has 0 bridgehead atoms. The molecule has 8 nitrogen and oxygen atoms in total. The number of hydrogen-bond acceptors (Lipinski definition) is 4. The first-order valence-corrected chi connectivity index (χ1v) is 8.15. The van der Waals surface area contributed by atoms with Gasteiger partial charge in [-0.05, 0) is 26.0 Å². The summed E-state index contributed by atoms with van der Waals surface area (Å²) in [6, 6.07) is 4.59. The van der Waals surface area contributed by atoms with E-state index in [0.29, 0.717) is 31.7 Å². The maximum Gasteiger partial charge on any atom is 0.274 e. The third-order valence-corrected chi connectivity index (χ3v) is 4.76. The van der Waals surface area contributed by atoms with Gasteiger partial charge in [0.15, 0.2) is 0 Å². The van der Waals surface area contributed by atoms with Crippen molar-refractivity contribution < 1.29 is 9.59 Å². The zero-order chi connectivity index (χ0) is 18.1. The maximum absolute atomic E-state index is 12.7. The second kappa shape index (κ2) is 6.54. The molecule has 1 fully saturated rings. The Kier molecular flexibility index (Phi) is 4.43. The lowest BCUT2D eigenvalue weighted by molar-refractivity contribution is 0.0531. The van der Waals surface area contributed by atoms with Gasteiger partial charge in [0.25, 0.3) is 17.4 Å². The second-order valence-corrected chi connectivity index (χ2v) is 6.23. The number of rotatable bonds is 2. The third kappa shape index (κ3) is 3.19. The first kappa shape index (κ1) is 16.9. The van der Waals surface area contributed by atoms with Crippen LogP contribution < -0.4 is 5.56 Å². The van der Waals surface area contributed by atoms with Gasteiger partial charge in [0, 0.05) is 50.7 Å². The summed E-state index contributed by atoms with van der Waals surface area (Å²) < 4.78 is 1.99. The van der Waals surface area contributed by atoms with E-state index in [1.807, 2.05) is 31.5 Å². The number of carbonyl (C=O) groups excluding carboxylic acids is 2. The molecule has 1 aliphatic rings. The van der Waals surface area contributed by atoms with Crippen molar-refractivity contribution in [2.45, 2.75) is 13.8 Å². The van der Waals surface area contributed by atoms with Gasteiger partial charge < -0.3 is 14.4 Å². The van der Waals surface area contributed by atoms with Crippen LogP contribution in [-0.2, 0) is 7.05 Å². The molecule has 0 radical (unpaired) electrons. The lowest BCUT2D eigenvalue weighted by Crippen LogP contribution is -2.50. The zero-order valence-corrected chi connectivity index (χ0v) is 14.6. The second-order valence-electron chi connectivity index (χ2n) is 6.23. The van der Waals surface area contributed by atoms with E-state index in [1.54, 1.807) is 9.80 Å². The van der Waals surface area contributed by atoms with Gasteiger partial charge in [0.05, 0.1) is 5.56 Å². The minimum atomic E-state index is -0.347. The van der Waals surface area contributed by atoms with Gasteiger partial charge in [-0.3, -0.25) is 14.4 Å². The highest BCUT2D eigenvalue weighted by Crippen LogP contribution is 2.17. The first-order valence-electron chi connectivity index (χ1n) is 8.15. The van der Waals surface area contributed by atoms with Crippen molar-refractivity contribution in [2.24, 2.45) is 7.05 Å². The minimum Gasteiger partial charge on any atom is -0.351 e. The molecule has 132 valence electrons. The number of aryl methyl sites for hydroxylation is 1. The van der Waals surface area contributed by atoms with Crippen molar-refractivity contribution in [1.29, 1.82) is 0 Å². The Morgan fingerprint density at radius 2 is 1.64 bits per heavy atom. The third-order valence-electron chi connectivity index (χ3n) is 4.76. The molecule has 2 amide bonds. The number of hydrogen-bond donors (Lipinski definition) is 1. The van der Waals surface area contributed by atoms with Gasteiger partial charge in [0.2, 0.25) is 0 Å². The van der Waals surface area contributed by atoms with E-state index in [2.05, 4.69) is 10.2 Å². The molecule has 0 spiro atoms. The highest BCUT2D eigenvalue weighted by molar-refractivity contribution is 5.96. The molecule has 1 N–H and O–H groups in total. The molecule has 0 aromatic carbocycles. The van der Waals surface area contributed by atoms with E-state index in [1.165, 1.54) is 12.1 Å². The van der Waals surface area contributed by atoms with Gasteiger partial charge >= 0.3 is 0 Å². The van der Waals surface area contributed by atoms with Crippen molar-refractivity contribution in [2.75, 3.05) is 26.2 Å². The Hall–Kier alpha value is -2.90. The highest BCUT2D eigenvalue weighted by Gasteiger charge is 2.27. The molecular formula is C17H21N5O3. The fourth-order valence-corrected chi connectivity index (χ4v) is 2.98. The van der Waals surface area contributed by atoms with Gasteiger partial charge in [0.1, 0.15) is 5.69 Å². The van der Waals surface area contributed by atoms with Crippen LogP contribution in [-0.4, -0.2) is 62.6 Å². The van der Waals surface area contributed by atoms with Gasteiger partial charge in [-0.15, -0.1) is 0 Å². The molecule has 2 aromatic rings. The van der Waals surface area contributed by atoms with E-state index in [4.69, 9.17) is 0 Å². The molecule has 3 heterocycles. The van der Waals surface area contributed by atoms with Crippen molar-refractivity contribution in [3.8, 4) is 0 Å². The van der Waals surface area contributed by atoms with Crippen LogP contribution in [0.4, 0.5) is 0 Å². The van der Waals surface area contributed by atoms with Crippen LogP contribution in [0, 0.1) is 13.8 Å². The number of amides is 2. The highest BCUT2D eigenvalue weighted by atomic mass is 16.2. The van der Waals surface area contributed by atoms with E-state index < -0.39 is 0 Å². The Morgan fingerprint density at radius 3 is 2.12 bits per heavy atom. The van der Waals surface area contributed by atoms with Gasteiger partial charge in [-0.1, -0.05) is 0 Å². The maximum atomic E-state index is 12.7. The molecule has 0 saturated carbocycles. The minimum absolute atomic E-state index is 0.00420. The van der Waals surface area contributed by atoms with E-state index in [-0.39, 0.29) is 23.1 Å². The van der Waals surface area contributed by atoms with Crippen molar-refractivity contribution >= 4 is 11.8 Å². The molecule has 25 heavy (non-hydrogen) atoms. The largest absolute Gasteiger partial charge is 0.351 e. The number of aromatic amines is 1. The summed E-state index contributed by atoms with van der Waals surface area (Å²) in [6.45, 7) is 5.73. The van der Waals surface area contributed by atoms with Crippen LogP contribution in [0.5, 0.6) is 0 Å². The fraction of sp³-hybridized carbons (Fsp3) is 0.412. The zero-order valence-electron chi connectivity index (χ0n) is 14.6. The molecule has 3 rings (SSSR count). The van der Waals surface area contributed by atoms with Gasteiger partial charge in [-0.2, -0.15) is 5.10 Å². The number of carbonyl (C=O) groups is 2. The topological polar surface area (TPSA) is 91.3 Å². The molecule has 1 saturated heterocycles. The van der Waals surface area contributed by atoms with Crippen molar-refractivity contribution in [3.63, 3.8) is 0 Å². The fourth-order valence-electron chi connectivity index (χ4n) is 2.98. The van der Waals surface area contributed by atoms with Crippen LogP contribution in [0.1, 0.15) is 32.2 Å². The summed E-state index contributed by atoms with van der Waals surface area (Å²) >= 11 is 0. The molecule has 0 unspecified atom stereocenters. The summed E-state index contributed by atoms with van der Waals surface area (Å²) in [5, 5.41) is 6.03. The standard InChI is InChI=1S/C17H21N5O3/c1-11-10-13(12(2)20(11)3)16(24)21-6-8-22(9-7-21)17(25)14-4-5-15(23)19-18-14/h4-5,10H,6-9H2,1-3H3,(H,19,23). The number of piperazine rings is 1. The van der Waals surface area contributed by atoms with Crippen LogP contribution in [0.15, 0.2) is 23.0 Å². The summed E-state index contributed by atoms with van der Waals surface area (Å²) in [7, 11) is 1.94. The van der Waals surface area contributed by atoms with Crippen molar-refractivity contribution in [1.82, 2.24) is 24.6 Å². The summed E-state index contributed by atoms with van der Waals surface area (Å²) in [5.74, 6) is -0.245. The SMILES string of the molecule is Cc1cc(C(=O)N2CCN(C(=O)c3ccc(=O)[nH]n3)CC2)c(C)n1C. The van der Waals surface area contributed by atoms with Crippen LogP contribution in [0.3, 0.4) is 0 Å². The predicted molar refractivity (Wildman–Crippen MR) is 91.6 cm³/mol. The Morgan fingerprint density at radius 1 is 1.04 bits per heavy atom. The predicted octanol–water partition coefficient (Wildman–Crippen LogP) is 0.323. The van der Waals surface area contributed by atoms with E-state index in [0.717, 1.165) is 11.4 Å². The van der Waals surface area contributed by atoms with Crippen LogP contribution >= 0.6 is 0 Å². The average molecular weight is 343 g/mol. The van der Waals surface area contributed by atoms with Gasteiger partial charge in [-0.25, -0.2) is 5.10 Å². The number of nitrogens with one attached hydrogen (secondary N) is 1.